The molecule has 2 rings (SSSR count). The second kappa shape index (κ2) is 7.42. The first-order valence-electron chi connectivity index (χ1n) is 6.52. The number of carbonyl (C=O) groups is 2. The third kappa shape index (κ3) is 4.75. The molecule has 0 aliphatic rings. The number of nitrogens with one attached hydrogen (secondary N) is 1. The molecule has 22 heavy (non-hydrogen) atoms. The van der Waals surface area contributed by atoms with Crippen LogP contribution in [0.15, 0.2) is 47.5 Å². The number of benzene rings is 1. The number of ether oxygens (including phenoxy) is 1. The summed E-state index contributed by atoms with van der Waals surface area (Å²) in [4.78, 5) is 23.6. The van der Waals surface area contributed by atoms with E-state index in [0.717, 1.165) is 16.0 Å². The molecule has 0 atom stereocenters. The molecule has 0 radical (unpaired) electrons. The Morgan fingerprint density at radius 2 is 2.05 bits per heavy atom. The number of thiophene rings is 1. The molecule has 0 aliphatic carbocycles. The predicted molar refractivity (Wildman–Crippen MR) is 84.4 cm³/mol. The summed E-state index contributed by atoms with van der Waals surface area (Å²) in [6.45, 7) is 1.99. The number of carboxylic acid groups (broad SMARTS) is 1. The van der Waals surface area contributed by atoms with Crippen molar-refractivity contribution >= 4 is 29.5 Å². The standard InChI is InChI=1S/C16H15NO4S/c1-11-7-13(22-10-11)8-14(15(18)19)17-16(20)21-9-12-5-3-2-4-6-12/h2-8,10H,9H2,1H3,(H,17,20)(H,18,19)/b14-8+. The molecule has 1 amide bonds. The van der Waals surface area contributed by atoms with Gasteiger partial charge in [-0.05, 0) is 35.6 Å². The molecule has 2 aromatic rings. The highest BCUT2D eigenvalue weighted by Gasteiger charge is 2.13. The quantitative estimate of drug-likeness (QED) is 0.829. The van der Waals surface area contributed by atoms with Crippen LogP contribution in [0.4, 0.5) is 4.79 Å². The zero-order valence-corrected chi connectivity index (χ0v) is 12.7. The maximum Gasteiger partial charge on any atom is 0.412 e. The van der Waals surface area contributed by atoms with Crippen LogP contribution in [0, 0.1) is 6.92 Å². The maximum absolute atomic E-state index is 11.7. The third-order valence-electron chi connectivity index (χ3n) is 2.72. The Hall–Kier alpha value is -2.60. The largest absolute Gasteiger partial charge is 0.477 e. The fourth-order valence-electron chi connectivity index (χ4n) is 1.69. The molecule has 0 saturated heterocycles. The number of carbonyl (C=O) groups excluding carboxylic acids is 1. The molecule has 0 fully saturated rings. The van der Waals surface area contributed by atoms with Crippen LogP contribution in [-0.2, 0) is 16.1 Å². The van der Waals surface area contributed by atoms with Gasteiger partial charge in [0, 0.05) is 4.88 Å². The number of hydrogen-bond acceptors (Lipinski definition) is 4. The van der Waals surface area contributed by atoms with Gasteiger partial charge in [-0.25, -0.2) is 9.59 Å². The minimum absolute atomic E-state index is 0.0810. The summed E-state index contributed by atoms with van der Waals surface area (Å²) >= 11 is 1.40. The van der Waals surface area contributed by atoms with Crippen molar-refractivity contribution in [3.63, 3.8) is 0 Å². The van der Waals surface area contributed by atoms with E-state index in [2.05, 4.69) is 5.32 Å². The SMILES string of the molecule is Cc1csc(/C=C(/NC(=O)OCc2ccccc2)C(=O)O)c1. The molecule has 5 nitrogen and oxygen atoms in total. The Morgan fingerprint density at radius 3 is 2.64 bits per heavy atom. The van der Waals surface area contributed by atoms with Crippen molar-refractivity contribution < 1.29 is 19.4 Å². The third-order valence-corrected chi connectivity index (χ3v) is 3.71. The lowest BCUT2D eigenvalue weighted by atomic mass is 10.2. The van der Waals surface area contributed by atoms with Gasteiger partial charge in [0.2, 0.25) is 0 Å². The highest BCUT2D eigenvalue weighted by molar-refractivity contribution is 7.11. The molecular weight excluding hydrogens is 302 g/mol. The van der Waals surface area contributed by atoms with Crippen LogP contribution in [0.25, 0.3) is 6.08 Å². The lowest BCUT2D eigenvalue weighted by Crippen LogP contribution is -2.27. The number of amides is 1. The topological polar surface area (TPSA) is 75.6 Å². The summed E-state index contributed by atoms with van der Waals surface area (Å²) in [5.41, 5.74) is 1.64. The van der Waals surface area contributed by atoms with Gasteiger partial charge in [-0.15, -0.1) is 11.3 Å². The van der Waals surface area contributed by atoms with Gasteiger partial charge in [-0.1, -0.05) is 30.3 Å². The minimum Gasteiger partial charge on any atom is -0.477 e. The van der Waals surface area contributed by atoms with Crippen molar-refractivity contribution in [3.05, 3.63) is 63.5 Å². The second-order valence-electron chi connectivity index (χ2n) is 4.58. The fraction of sp³-hybridized carbons (Fsp3) is 0.125. The molecule has 1 aromatic carbocycles. The van der Waals surface area contributed by atoms with E-state index in [1.54, 1.807) is 0 Å². The minimum atomic E-state index is -1.22. The monoisotopic (exact) mass is 317 g/mol. The lowest BCUT2D eigenvalue weighted by Gasteiger charge is -2.07. The van der Waals surface area contributed by atoms with Crippen molar-refractivity contribution in [1.82, 2.24) is 5.32 Å². The Labute approximate surface area is 131 Å². The van der Waals surface area contributed by atoms with Gasteiger partial charge < -0.3 is 9.84 Å². The number of hydrogen-bond donors (Lipinski definition) is 2. The summed E-state index contributed by atoms with van der Waals surface area (Å²) in [6.07, 6.45) is 0.606. The van der Waals surface area contributed by atoms with E-state index >= 15 is 0 Å². The van der Waals surface area contributed by atoms with Crippen molar-refractivity contribution in [2.24, 2.45) is 0 Å². The number of rotatable bonds is 5. The smallest absolute Gasteiger partial charge is 0.412 e. The van der Waals surface area contributed by atoms with Crippen LogP contribution in [-0.4, -0.2) is 17.2 Å². The first-order chi connectivity index (χ1) is 10.5. The zero-order valence-electron chi connectivity index (χ0n) is 11.9. The first-order valence-corrected chi connectivity index (χ1v) is 7.40. The number of alkyl carbamates (subject to hydrolysis) is 1. The van der Waals surface area contributed by atoms with Crippen LogP contribution in [0.3, 0.4) is 0 Å². The summed E-state index contributed by atoms with van der Waals surface area (Å²) in [5, 5.41) is 13.3. The van der Waals surface area contributed by atoms with Gasteiger partial charge in [0.25, 0.3) is 0 Å². The molecule has 0 aliphatic heterocycles. The van der Waals surface area contributed by atoms with Crippen molar-refractivity contribution in [2.75, 3.05) is 0 Å². The molecule has 1 heterocycles. The van der Waals surface area contributed by atoms with Gasteiger partial charge in [-0.2, -0.15) is 0 Å². The van der Waals surface area contributed by atoms with E-state index in [0.29, 0.717) is 0 Å². The number of aryl methyl sites for hydroxylation is 1. The van der Waals surface area contributed by atoms with E-state index in [1.807, 2.05) is 48.7 Å². The van der Waals surface area contributed by atoms with E-state index in [1.165, 1.54) is 17.4 Å². The molecule has 114 valence electrons. The van der Waals surface area contributed by atoms with Crippen LogP contribution in [0.5, 0.6) is 0 Å². The Kier molecular flexibility index (Phi) is 5.32. The second-order valence-corrected chi connectivity index (χ2v) is 5.52. The Bertz CT molecular complexity index is 691. The van der Waals surface area contributed by atoms with Crippen LogP contribution < -0.4 is 5.32 Å². The molecule has 0 saturated carbocycles. The summed E-state index contributed by atoms with van der Waals surface area (Å²) in [7, 11) is 0. The van der Waals surface area contributed by atoms with E-state index in [4.69, 9.17) is 9.84 Å². The Morgan fingerprint density at radius 1 is 1.32 bits per heavy atom. The fourth-order valence-corrected chi connectivity index (χ4v) is 2.52. The average Bonchev–Trinajstić information content (AvgIpc) is 2.91. The lowest BCUT2D eigenvalue weighted by molar-refractivity contribution is -0.132. The Balaban J connectivity index is 1.97. The highest BCUT2D eigenvalue weighted by atomic mass is 32.1. The molecule has 0 bridgehead atoms. The average molecular weight is 317 g/mol. The van der Waals surface area contributed by atoms with Gasteiger partial charge in [0.05, 0.1) is 0 Å². The summed E-state index contributed by atoms with van der Waals surface area (Å²) < 4.78 is 5.00. The number of carboxylic acids is 1. The zero-order chi connectivity index (χ0) is 15.9. The summed E-state index contributed by atoms with van der Waals surface area (Å²) in [5.74, 6) is -1.22. The number of aliphatic carboxylic acids is 1. The van der Waals surface area contributed by atoms with Gasteiger partial charge in [-0.3, -0.25) is 5.32 Å². The van der Waals surface area contributed by atoms with Crippen molar-refractivity contribution in [1.29, 1.82) is 0 Å². The van der Waals surface area contributed by atoms with Crippen molar-refractivity contribution in [2.45, 2.75) is 13.5 Å². The molecule has 0 spiro atoms. The molecule has 0 unspecified atom stereocenters. The van der Waals surface area contributed by atoms with E-state index < -0.39 is 12.1 Å². The molecule has 2 N–H and O–H groups in total. The van der Waals surface area contributed by atoms with Gasteiger partial charge in [0.1, 0.15) is 12.3 Å². The molecular formula is C16H15NO4S. The van der Waals surface area contributed by atoms with Crippen molar-refractivity contribution in [3.8, 4) is 0 Å². The summed E-state index contributed by atoms with van der Waals surface area (Å²) in [6, 6.07) is 11.0. The van der Waals surface area contributed by atoms with Crippen LogP contribution >= 0.6 is 11.3 Å². The highest BCUT2D eigenvalue weighted by Crippen LogP contribution is 2.16. The van der Waals surface area contributed by atoms with E-state index in [9.17, 15) is 9.59 Å². The normalized spacial score (nSPS) is 11.0. The van der Waals surface area contributed by atoms with Gasteiger partial charge >= 0.3 is 12.1 Å². The van der Waals surface area contributed by atoms with E-state index in [-0.39, 0.29) is 12.3 Å². The van der Waals surface area contributed by atoms with Crippen LogP contribution in [0.2, 0.25) is 0 Å². The molecule has 6 heteroatoms. The van der Waals surface area contributed by atoms with Crippen LogP contribution in [0.1, 0.15) is 16.0 Å². The predicted octanol–water partition coefficient (Wildman–Crippen LogP) is 3.41. The molecule has 1 aromatic heterocycles. The van der Waals surface area contributed by atoms with Gasteiger partial charge in [0.15, 0.2) is 0 Å². The maximum atomic E-state index is 11.7. The first kappa shape index (κ1) is 15.8.